The average Bonchev–Trinajstić information content (AvgIpc) is 2.28. The Morgan fingerprint density at radius 3 is 2.69 bits per heavy atom. The Hall–Kier alpha value is -0.870. The van der Waals surface area contributed by atoms with Gasteiger partial charge in [-0.25, -0.2) is 0 Å². The first-order chi connectivity index (χ1) is 7.74. The first kappa shape index (κ1) is 11.6. The molecule has 4 heteroatoms. The van der Waals surface area contributed by atoms with Crippen LogP contribution in [0.5, 0.6) is 0 Å². The van der Waals surface area contributed by atoms with Crippen LogP contribution in [-0.2, 0) is 0 Å². The predicted octanol–water partition coefficient (Wildman–Crippen LogP) is 2.03. The summed E-state index contributed by atoms with van der Waals surface area (Å²) in [7, 11) is 2.15. The summed E-state index contributed by atoms with van der Waals surface area (Å²) in [4.78, 5) is 2.32. The van der Waals surface area contributed by atoms with Crippen LogP contribution in [-0.4, -0.2) is 49.4 Å². The van der Waals surface area contributed by atoms with E-state index in [0.717, 1.165) is 36.2 Å². The van der Waals surface area contributed by atoms with Gasteiger partial charge in [-0.2, -0.15) is 5.10 Å². The van der Waals surface area contributed by atoms with E-state index in [9.17, 15) is 0 Å². The molecule has 16 heavy (non-hydrogen) atoms. The van der Waals surface area contributed by atoms with E-state index in [-0.39, 0.29) is 0 Å². The van der Waals surface area contributed by atoms with Crippen LogP contribution in [0.2, 0.25) is 0 Å². The van der Waals surface area contributed by atoms with Crippen molar-refractivity contribution in [2.45, 2.75) is 0 Å². The Labute approximate surface area is 105 Å². The Bertz CT molecular complexity index is 370. The van der Waals surface area contributed by atoms with Crippen LogP contribution in [0.3, 0.4) is 0 Å². The van der Waals surface area contributed by atoms with Crippen molar-refractivity contribution < 1.29 is 0 Å². The molecule has 0 radical (unpaired) electrons. The van der Waals surface area contributed by atoms with Gasteiger partial charge in [-0.05, 0) is 24.7 Å². The number of hydrogen-bond donors (Lipinski definition) is 0. The number of nitrogens with zero attached hydrogens (tertiary/aromatic N) is 3. The lowest BCUT2D eigenvalue weighted by molar-refractivity contribution is 0.159. The van der Waals surface area contributed by atoms with Gasteiger partial charge < -0.3 is 4.90 Å². The molecule has 3 nitrogen and oxygen atoms in total. The number of hydrogen-bond acceptors (Lipinski definition) is 3. The summed E-state index contributed by atoms with van der Waals surface area (Å²) in [6.45, 7) is 4.22. The highest BCUT2D eigenvalue weighted by Gasteiger charge is 2.10. The Morgan fingerprint density at radius 1 is 1.25 bits per heavy atom. The second-order valence-corrected chi connectivity index (χ2v) is 4.97. The fourth-order valence-electron chi connectivity index (χ4n) is 1.65. The summed E-state index contributed by atoms with van der Waals surface area (Å²) in [6, 6.07) is 8.17. The molecule has 0 unspecified atom stereocenters. The lowest BCUT2D eigenvalue weighted by Crippen LogP contribution is -2.41. The van der Waals surface area contributed by atoms with Crippen LogP contribution >= 0.6 is 15.9 Å². The largest absolute Gasteiger partial charge is 0.303 e. The molecule has 0 aromatic heterocycles. The van der Waals surface area contributed by atoms with Gasteiger partial charge in [-0.1, -0.05) is 28.1 Å². The maximum absolute atomic E-state index is 4.49. The summed E-state index contributed by atoms with van der Waals surface area (Å²) >= 11 is 3.45. The molecule has 0 spiro atoms. The molecule has 1 aromatic carbocycles. The number of benzene rings is 1. The monoisotopic (exact) mass is 281 g/mol. The highest BCUT2D eigenvalue weighted by atomic mass is 79.9. The molecular formula is C12H16BrN3. The topological polar surface area (TPSA) is 18.8 Å². The minimum atomic E-state index is 1.01. The molecular weight excluding hydrogens is 266 g/mol. The highest BCUT2D eigenvalue weighted by Crippen LogP contribution is 2.10. The first-order valence-electron chi connectivity index (χ1n) is 5.47. The lowest BCUT2D eigenvalue weighted by Gasteiger charge is -2.30. The van der Waals surface area contributed by atoms with E-state index in [1.54, 1.807) is 0 Å². The zero-order chi connectivity index (χ0) is 11.4. The zero-order valence-electron chi connectivity index (χ0n) is 9.43. The third-order valence-electron chi connectivity index (χ3n) is 2.70. The second-order valence-electron chi connectivity index (χ2n) is 4.06. The highest BCUT2D eigenvalue weighted by molar-refractivity contribution is 9.10. The van der Waals surface area contributed by atoms with Gasteiger partial charge in [0.05, 0.1) is 6.21 Å². The molecule has 1 aromatic rings. The summed E-state index contributed by atoms with van der Waals surface area (Å²) in [6.07, 6.45) is 1.93. The van der Waals surface area contributed by atoms with Gasteiger partial charge >= 0.3 is 0 Å². The molecule has 1 aliphatic heterocycles. The van der Waals surface area contributed by atoms with Crippen molar-refractivity contribution >= 4 is 22.1 Å². The molecule has 0 N–H and O–H groups in total. The van der Waals surface area contributed by atoms with Gasteiger partial charge in [0.15, 0.2) is 0 Å². The van der Waals surface area contributed by atoms with Crippen molar-refractivity contribution in [2.24, 2.45) is 5.10 Å². The Kier molecular flexibility index (Phi) is 3.96. The molecule has 1 saturated heterocycles. The fraction of sp³-hybridized carbons (Fsp3) is 0.417. The molecule has 86 valence electrons. The van der Waals surface area contributed by atoms with Crippen LogP contribution in [0.15, 0.2) is 33.8 Å². The molecule has 0 aliphatic carbocycles. The van der Waals surface area contributed by atoms with Crippen LogP contribution in [0.4, 0.5) is 0 Å². The van der Waals surface area contributed by atoms with Crippen LogP contribution in [0.25, 0.3) is 0 Å². The summed E-state index contributed by atoms with van der Waals surface area (Å²) in [5, 5.41) is 6.62. The lowest BCUT2D eigenvalue weighted by atomic mass is 10.2. The van der Waals surface area contributed by atoms with E-state index in [0.29, 0.717) is 0 Å². The molecule has 1 heterocycles. The molecule has 1 fully saturated rings. The summed E-state index contributed by atoms with van der Waals surface area (Å²) < 4.78 is 1.09. The fourth-order valence-corrected chi connectivity index (χ4v) is 2.06. The second kappa shape index (κ2) is 5.46. The van der Waals surface area contributed by atoms with Crippen LogP contribution in [0, 0.1) is 0 Å². The van der Waals surface area contributed by atoms with Crippen molar-refractivity contribution in [3.05, 3.63) is 34.3 Å². The number of rotatable bonds is 2. The maximum atomic E-state index is 4.49. The Balaban J connectivity index is 1.94. The minimum Gasteiger partial charge on any atom is -0.303 e. The quantitative estimate of drug-likeness (QED) is 0.773. The maximum Gasteiger partial charge on any atom is 0.0543 e. The van der Waals surface area contributed by atoms with Crippen molar-refractivity contribution in [1.29, 1.82) is 0 Å². The molecule has 0 atom stereocenters. The van der Waals surface area contributed by atoms with E-state index in [4.69, 9.17) is 0 Å². The van der Waals surface area contributed by atoms with Crippen molar-refractivity contribution in [3.63, 3.8) is 0 Å². The predicted molar refractivity (Wildman–Crippen MR) is 70.8 cm³/mol. The van der Waals surface area contributed by atoms with E-state index < -0.39 is 0 Å². The first-order valence-corrected chi connectivity index (χ1v) is 6.26. The molecule has 0 saturated carbocycles. The van der Waals surface area contributed by atoms with E-state index in [1.165, 1.54) is 0 Å². The van der Waals surface area contributed by atoms with E-state index in [2.05, 4.69) is 50.1 Å². The van der Waals surface area contributed by atoms with Crippen molar-refractivity contribution in [2.75, 3.05) is 33.2 Å². The summed E-state index contributed by atoms with van der Waals surface area (Å²) in [5.41, 5.74) is 1.13. The molecule has 2 rings (SSSR count). The van der Waals surface area contributed by atoms with Gasteiger partial charge in [-0.15, -0.1) is 0 Å². The SMILES string of the molecule is CN1CCN(/N=C\c2cccc(Br)c2)CC1. The average molecular weight is 282 g/mol. The molecule has 0 amide bonds. The van der Waals surface area contributed by atoms with Gasteiger partial charge in [0.1, 0.15) is 0 Å². The smallest absolute Gasteiger partial charge is 0.0543 e. The zero-order valence-corrected chi connectivity index (χ0v) is 11.0. The normalized spacial score (nSPS) is 18.2. The van der Waals surface area contributed by atoms with Crippen LogP contribution < -0.4 is 0 Å². The molecule has 1 aliphatic rings. The third kappa shape index (κ3) is 3.32. The number of halogens is 1. The third-order valence-corrected chi connectivity index (χ3v) is 3.19. The van der Waals surface area contributed by atoms with Crippen LogP contribution in [0.1, 0.15) is 5.56 Å². The molecule has 0 bridgehead atoms. The number of piperazine rings is 1. The van der Waals surface area contributed by atoms with Crippen molar-refractivity contribution in [3.8, 4) is 0 Å². The minimum absolute atomic E-state index is 1.01. The van der Waals surface area contributed by atoms with Gasteiger partial charge in [0.25, 0.3) is 0 Å². The number of likely N-dealkylation sites (N-methyl/N-ethyl adjacent to an activating group) is 1. The van der Waals surface area contributed by atoms with E-state index >= 15 is 0 Å². The Morgan fingerprint density at radius 2 is 2.00 bits per heavy atom. The van der Waals surface area contributed by atoms with Crippen molar-refractivity contribution in [1.82, 2.24) is 9.91 Å². The van der Waals surface area contributed by atoms with Gasteiger partial charge in [0.2, 0.25) is 0 Å². The summed E-state index contributed by atoms with van der Waals surface area (Å²) in [5.74, 6) is 0. The van der Waals surface area contributed by atoms with Gasteiger partial charge in [-0.3, -0.25) is 5.01 Å². The number of hydrazone groups is 1. The van der Waals surface area contributed by atoms with E-state index in [1.807, 2.05) is 18.3 Å². The standard InChI is InChI=1S/C12H16BrN3/c1-15-5-7-16(8-6-15)14-10-11-3-2-4-12(13)9-11/h2-4,9-10H,5-8H2,1H3/b14-10-. The van der Waals surface area contributed by atoms with Gasteiger partial charge in [0, 0.05) is 30.7 Å².